The molecule has 1 heterocycles. The lowest BCUT2D eigenvalue weighted by atomic mass is 9.82. The van der Waals surface area contributed by atoms with Crippen LogP contribution in [-0.4, -0.2) is 44.2 Å². The van der Waals surface area contributed by atoms with Crippen molar-refractivity contribution in [1.29, 1.82) is 0 Å². The van der Waals surface area contributed by atoms with Gasteiger partial charge in [0, 0.05) is 38.4 Å². The predicted molar refractivity (Wildman–Crippen MR) is 91.9 cm³/mol. The van der Waals surface area contributed by atoms with Gasteiger partial charge in [0.25, 0.3) is 0 Å². The first kappa shape index (κ1) is 16.3. The summed E-state index contributed by atoms with van der Waals surface area (Å²) in [5, 5.41) is 0. The zero-order valence-electron chi connectivity index (χ0n) is 13.9. The van der Waals surface area contributed by atoms with Crippen molar-refractivity contribution in [2.75, 3.05) is 44.2 Å². The average molecular weight is 289 g/mol. The van der Waals surface area contributed by atoms with E-state index in [2.05, 4.69) is 54.8 Å². The summed E-state index contributed by atoms with van der Waals surface area (Å²) in [5.41, 5.74) is 9.06. The van der Waals surface area contributed by atoms with Gasteiger partial charge in [0.2, 0.25) is 0 Å². The summed E-state index contributed by atoms with van der Waals surface area (Å²) < 4.78 is 0. The molecule has 3 nitrogen and oxygen atoms in total. The van der Waals surface area contributed by atoms with Crippen molar-refractivity contribution in [3.63, 3.8) is 0 Å². The van der Waals surface area contributed by atoms with E-state index < -0.39 is 0 Å². The topological polar surface area (TPSA) is 32.5 Å². The molecule has 1 aromatic carbocycles. The summed E-state index contributed by atoms with van der Waals surface area (Å²) in [6, 6.07) is 8.84. The predicted octanol–water partition coefficient (Wildman–Crippen LogP) is 2.88. The van der Waals surface area contributed by atoms with Crippen molar-refractivity contribution < 1.29 is 0 Å². The van der Waals surface area contributed by atoms with E-state index in [1.807, 2.05) is 0 Å². The van der Waals surface area contributed by atoms with Crippen LogP contribution in [0.25, 0.3) is 0 Å². The Labute approximate surface area is 130 Å². The smallest absolute Gasteiger partial charge is 0.0369 e. The van der Waals surface area contributed by atoms with Gasteiger partial charge in [-0.25, -0.2) is 0 Å². The molecule has 0 aliphatic carbocycles. The first-order chi connectivity index (χ1) is 10.1. The molecule has 0 spiro atoms. The van der Waals surface area contributed by atoms with Gasteiger partial charge in [-0.3, -0.25) is 4.90 Å². The molecule has 0 bridgehead atoms. The molecule has 0 saturated carbocycles. The number of hydrogen-bond acceptors (Lipinski definition) is 3. The molecule has 1 aliphatic rings. The summed E-state index contributed by atoms with van der Waals surface area (Å²) in [7, 11) is 0. The number of nitrogens with zero attached hydrogens (tertiary/aromatic N) is 2. The van der Waals surface area contributed by atoms with Crippen LogP contribution in [0.15, 0.2) is 24.3 Å². The maximum absolute atomic E-state index is 6.04. The number of benzene rings is 1. The Bertz CT molecular complexity index is 424. The summed E-state index contributed by atoms with van der Waals surface area (Å²) in [4.78, 5) is 5.11. The van der Waals surface area contributed by atoms with E-state index in [0.717, 1.165) is 39.3 Å². The third-order valence-electron chi connectivity index (χ3n) is 5.23. The van der Waals surface area contributed by atoms with Gasteiger partial charge in [-0.05, 0) is 49.4 Å². The van der Waals surface area contributed by atoms with Gasteiger partial charge in [0.1, 0.15) is 0 Å². The molecular formula is C18H31N3. The molecule has 0 radical (unpaired) electrons. The number of nitrogens with two attached hydrogens (primary N) is 1. The number of anilines is 1. The monoisotopic (exact) mass is 289 g/mol. The molecule has 21 heavy (non-hydrogen) atoms. The van der Waals surface area contributed by atoms with Crippen LogP contribution in [-0.2, 0) is 0 Å². The highest BCUT2D eigenvalue weighted by Crippen LogP contribution is 2.27. The van der Waals surface area contributed by atoms with E-state index >= 15 is 0 Å². The lowest BCUT2D eigenvalue weighted by Crippen LogP contribution is -2.51. The molecule has 1 fully saturated rings. The summed E-state index contributed by atoms with van der Waals surface area (Å²) in [6.45, 7) is 13.2. The molecule has 0 atom stereocenters. The van der Waals surface area contributed by atoms with E-state index in [4.69, 9.17) is 5.73 Å². The zero-order chi connectivity index (χ0) is 15.3. The Morgan fingerprint density at radius 2 is 1.76 bits per heavy atom. The first-order valence-corrected chi connectivity index (χ1v) is 8.36. The Hall–Kier alpha value is -1.06. The molecule has 2 rings (SSSR count). The number of aryl methyl sites for hydroxylation is 1. The van der Waals surface area contributed by atoms with Gasteiger partial charge in [0.15, 0.2) is 0 Å². The fraction of sp³-hybridized carbons (Fsp3) is 0.667. The van der Waals surface area contributed by atoms with Gasteiger partial charge in [0.05, 0.1) is 0 Å². The first-order valence-electron chi connectivity index (χ1n) is 8.36. The minimum absolute atomic E-state index is 0.311. The number of rotatable bonds is 6. The molecule has 0 amide bonds. The third kappa shape index (κ3) is 3.98. The number of piperazine rings is 1. The van der Waals surface area contributed by atoms with Crippen LogP contribution >= 0.6 is 0 Å². The van der Waals surface area contributed by atoms with Crippen molar-refractivity contribution in [2.24, 2.45) is 11.1 Å². The highest BCUT2D eigenvalue weighted by atomic mass is 15.3. The third-order valence-corrected chi connectivity index (χ3v) is 5.23. The highest BCUT2D eigenvalue weighted by Gasteiger charge is 2.29. The average Bonchev–Trinajstić information content (AvgIpc) is 2.53. The molecule has 2 N–H and O–H groups in total. The van der Waals surface area contributed by atoms with Gasteiger partial charge in [-0.15, -0.1) is 0 Å². The van der Waals surface area contributed by atoms with Crippen LogP contribution in [0.1, 0.15) is 32.3 Å². The SMILES string of the molecule is CCC(CC)(CN)CN1CCN(c2cccc(C)c2)CC1. The molecule has 118 valence electrons. The van der Waals surface area contributed by atoms with Crippen LogP contribution in [0, 0.1) is 12.3 Å². The van der Waals surface area contributed by atoms with E-state index in [1.165, 1.54) is 24.1 Å². The number of hydrogen-bond donors (Lipinski definition) is 1. The van der Waals surface area contributed by atoms with E-state index in [-0.39, 0.29) is 0 Å². The van der Waals surface area contributed by atoms with Crippen molar-refractivity contribution in [3.05, 3.63) is 29.8 Å². The molecule has 1 aliphatic heterocycles. The minimum atomic E-state index is 0.311. The summed E-state index contributed by atoms with van der Waals surface area (Å²) in [6.07, 6.45) is 2.36. The second-order valence-corrected chi connectivity index (χ2v) is 6.51. The standard InChI is InChI=1S/C18H31N3/c1-4-18(5-2,14-19)15-20-9-11-21(12-10-20)17-8-6-7-16(3)13-17/h6-8,13H,4-5,9-12,14-15,19H2,1-3H3. The van der Waals surface area contributed by atoms with Gasteiger partial charge >= 0.3 is 0 Å². The minimum Gasteiger partial charge on any atom is -0.369 e. The largest absolute Gasteiger partial charge is 0.369 e. The highest BCUT2D eigenvalue weighted by molar-refractivity contribution is 5.48. The molecule has 0 unspecified atom stereocenters. The summed E-state index contributed by atoms with van der Waals surface area (Å²) >= 11 is 0. The van der Waals surface area contributed by atoms with E-state index in [9.17, 15) is 0 Å². The molecule has 3 heteroatoms. The van der Waals surface area contributed by atoms with Crippen molar-refractivity contribution in [3.8, 4) is 0 Å². The van der Waals surface area contributed by atoms with Crippen molar-refractivity contribution in [2.45, 2.75) is 33.6 Å². The Morgan fingerprint density at radius 1 is 1.10 bits per heavy atom. The van der Waals surface area contributed by atoms with Crippen LogP contribution in [0.2, 0.25) is 0 Å². The quantitative estimate of drug-likeness (QED) is 0.874. The Balaban J connectivity index is 1.91. The lowest BCUT2D eigenvalue weighted by Gasteiger charge is -2.41. The normalized spacial score (nSPS) is 17.2. The second kappa shape index (κ2) is 7.28. The molecule has 0 aromatic heterocycles. The second-order valence-electron chi connectivity index (χ2n) is 6.51. The zero-order valence-corrected chi connectivity index (χ0v) is 13.9. The van der Waals surface area contributed by atoms with Crippen molar-refractivity contribution in [1.82, 2.24) is 4.90 Å². The maximum atomic E-state index is 6.04. The fourth-order valence-corrected chi connectivity index (χ4v) is 3.29. The van der Waals surface area contributed by atoms with Crippen LogP contribution in [0.5, 0.6) is 0 Å². The lowest BCUT2D eigenvalue weighted by molar-refractivity contribution is 0.138. The van der Waals surface area contributed by atoms with Crippen LogP contribution in [0.3, 0.4) is 0 Å². The Kier molecular flexibility index (Phi) is 5.65. The fourth-order valence-electron chi connectivity index (χ4n) is 3.29. The Morgan fingerprint density at radius 3 is 2.29 bits per heavy atom. The van der Waals surface area contributed by atoms with Crippen LogP contribution in [0.4, 0.5) is 5.69 Å². The van der Waals surface area contributed by atoms with Crippen LogP contribution < -0.4 is 10.6 Å². The molecular weight excluding hydrogens is 258 g/mol. The van der Waals surface area contributed by atoms with Gasteiger partial charge in [-0.1, -0.05) is 26.0 Å². The summed E-state index contributed by atoms with van der Waals surface area (Å²) in [5.74, 6) is 0. The van der Waals surface area contributed by atoms with Gasteiger partial charge < -0.3 is 10.6 Å². The van der Waals surface area contributed by atoms with Gasteiger partial charge in [-0.2, -0.15) is 0 Å². The molecule has 1 aromatic rings. The maximum Gasteiger partial charge on any atom is 0.0369 e. The van der Waals surface area contributed by atoms with E-state index in [1.54, 1.807) is 0 Å². The van der Waals surface area contributed by atoms with Crippen molar-refractivity contribution >= 4 is 5.69 Å². The molecule has 1 saturated heterocycles. The van der Waals surface area contributed by atoms with E-state index in [0.29, 0.717) is 5.41 Å².